The van der Waals surface area contributed by atoms with Gasteiger partial charge in [-0.3, -0.25) is 5.10 Å². The van der Waals surface area contributed by atoms with Crippen LogP contribution in [0.15, 0.2) is 36.4 Å². The smallest absolute Gasteiger partial charge is 0.325 e. The number of ether oxygens (including phenoxy) is 1. The lowest BCUT2D eigenvalue weighted by molar-refractivity contribution is 0.443. The predicted octanol–water partition coefficient (Wildman–Crippen LogP) is 5.87. The molecule has 0 aliphatic rings. The summed E-state index contributed by atoms with van der Waals surface area (Å²) in [5.41, 5.74) is 2.80. The molecule has 3 aromatic heterocycles. The molecule has 4 aromatic rings. The van der Waals surface area contributed by atoms with Crippen LogP contribution >= 0.6 is 23.2 Å². The van der Waals surface area contributed by atoms with Gasteiger partial charge in [0, 0.05) is 28.7 Å². The standard InChI is InChI=1S/C19H16Cl2N6O/c1-3-4-11-8-17(27-26-11)24-16-9-15(20)23-19(25-16)28-14-6-5-13-12(18(14)21)7-10(2)22-13/h3-9,22H,1-2H3,(H2,23,24,25,26,27)/b4-3+. The molecule has 7 nitrogen and oxygen atoms in total. The molecular formula is C19H16Cl2N6O. The van der Waals surface area contributed by atoms with Crippen molar-refractivity contribution < 1.29 is 4.74 Å². The maximum atomic E-state index is 6.48. The van der Waals surface area contributed by atoms with Crippen LogP contribution in [0, 0.1) is 6.92 Å². The molecule has 0 fully saturated rings. The Morgan fingerprint density at radius 3 is 2.79 bits per heavy atom. The summed E-state index contributed by atoms with van der Waals surface area (Å²) in [5.74, 6) is 1.48. The molecule has 28 heavy (non-hydrogen) atoms. The average molecular weight is 415 g/mol. The quantitative estimate of drug-likeness (QED) is 0.355. The van der Waals surface area contributed by atoms with E-state index in [4.69, 9.17) is 27.9 Å². The molecule has 142 valence electrons. The Hall–Kier alpha value is -3.03. The van der Waals surface area contributed by atoms with Crippen LogP contribution in [0.1, 0.15) is 18.3 Å². The fourth-order valence-corrected chi connectivity index (χ4v) is 3.20. The number of hydrogen-bond donors (Lipinski definition) is 3. The van der Waals surface area contributed by atoms with Gasteiger partial charge in [-0.25, -0.2) is 0 Å². The van der Waals surface area contributed by atoms with E-state index in [0.29, 0.717) is 22.4 Å². The van der Waals surface area contributed by atoms with Crippen LogP contribution in [0.4, 0.5) is 11.6 Å². The highest BCUT2D eigenvalue weighted by Gasteiger charge is 2.13. The Bertz CT molecular complexity index is 1180. The van der Waals surface area contributed by atoms with E-state index >= 15 is 0 Å². The van der Waals surface area contributed by atoms with Crippen molar-refractivity contribution in [1.82, 2.24) is 25.1 Å². The van der Waals surface area contributed by atoms with Gasteiger partial charge < -0.3 is 15.0 Å². The van der Waals surface area contributed by atoms with Crippen LogP contribution in [0.25, 0.3) is 17.0 Å². The molecule has 0 bridgehead atoms. The van der Waals surface area contributed by atoms with E-state index in [-0.39, 0.29) is 11.2 Å². The van der Waals surface area contributed by atoms with Crippen molar-refractivity contribution in [3.8, 4) is 11.8 Å². The minimum atomic E-state index is 0.0766. The first-order chi connectivity index (χ1) is 13.5. The molecule has 0 saturated carbocycles. The van der Waals surface area contributed by atoms with Crippen LogP contribution in [-0.4, -0.2) is 25.1 Å². The van der Waals surface area contributed by atoms with E-state index in [1.54, 1.807) is 12.1 Å². The second-order valence-corrected chi connectivity index (χ2v) is 6.85. The number of nitrogens with one attached hydrogen (secondary N) is 3. The molecule has 0 spiro atoms. The van der Waals surface area contributed by atoms with Crippen LogP contribution in [0.2, 0.25) is 10.2 Å². The zero-order chi connectivity index (χ0) is 19.7. The summed E-state index contributed by atoms with van der Waals surface area (Å²) in [5, 5.41) is 11.7. The van der Waals surface area contributed by atoms with Gasteiger partial charge in [0.05, 0.1) is 10.7 Å². The van der Waals surface area contributed by atoms with E-state index in [2.05, 4.69) is 30.5 Å². The van der Waals surface area contributed by atoms with Gasteiger partial charge in [-0.15, -0.1) is 0 Å². The number of fused-ring (bicyclic) bond motifs is 1. The van der Waals surface area contributed by atoms with E-state index in [9.17, 15) is 0 Å². The van der Waals surface area contributed by atoms with E-state index < -0.39 is 0 Å². The SMILES string of the molecule is C/C=C/c1cc(Nc2cc(Cl)nc(Oc3ccc4[nH]c(C)cc4c3Cl)n2)n[nH]1. The number of anilines is 2. The summed E-state index contributed by atoms with van der Waals surface area (Å²) in [4.78, 5) is 11.7. The molecule has 3 N–H and O–H groups in total. The summed E-state index contributed by atoms with van der Waals surface area (Å²) < 4.78 is 5.80. The number of benzene rings is 1. The van der Waals surface area contributed by atoms with Gasteiger partial charge in [0.25, 0.3) is 0 Å². The molecule has 0 aliphatic carbocycles. The van der Waals surface area contributed by atoms with Gasteiger partial charge in [-0.2, -0.15) is 15.1 Å². The lowest BCUT2D eigenvalue weighted by atomic mass is 10.2. The molecule has 0 saturated heterocycles. The summed E-state index contributed by atoms with van der Waals surface area (Å²) in [7, 11) is 0. The average Bonchev–Trinajstić information content (AvgIpc) is 3.23. The molecule has 9 heteroatoms. The summed E-state index contributed by atoms with van der Waals surface area (Å²) in [6.45, 7) is 3.89. The van der Waals surface area contributed by atoms with Gasteiger partial charge in [-0.05, 0) is 38.1 Å². The zero-order valence-corrected chi connectivity index (χ0v) is 16.6. The Balaban J connectivity index is 1.61. The fourth-order valence-electron chi connectivity index (χ4n) is 2.77. The van der Waals surface area contributed by atoms with Crippen molar-refractivity contribution in [2.24, 2.45) is 0 Å². The van der Waals surface area contributed by atoms with Crippen molar-refractivity contribution >= 4 is 51.8 Å². The highest BCUT2D eigenvalue weighted by molar-refractivity contribution is 6.37. The van der Waals surface area contributed by atoms with Crippen molar-refractivity contribution in [2.45, 2.75) is 13.8 Å². The van der Waals surface area contributed by atoms with Crippen LogP contribution in [0.3, 0.4) is 0 Å². The normalized spacial score (nSPS) is 11.4. The molecule has 1 aromatic carbocycles. The minimum absolute atomic E-state index is 0.0766. The third-order valence-electron chi connectivity index (χ3n) is 3.91. The number of aromatic amines is 2. The lowest BCUT2D eigenvalue weighted by Crippen LogP contribution is -1.99. The molecule has 0 atom stereocenters. The van der Waals surface area contributed by atoms with Crippen molar-refractivity contribution in [1.29, 1.82) is 0 Å². The Morgan fingerprint density at radius 2 is 1.96 bits per heavy atom. The van der Waals surface area contributed by atoms with Crippen molar-refractivity contribution in [3.63, 3.8) is 0 Å². The van der Waals surface area contributed by atoms with Crippen molar-refractivity contribution in [2.75, 3.05) is 5.32 Å². The second kappa shape index (κ2) is 7.53. The first kappa shape index (κ1) is 18.3. The van der Waals surface area contributed by atoms with E-state index in [1.165, 1.54) is 0 Å². The topological polar surface area (TPSA) is 91.5 Å². The van der Waals surface area contributed by atoms with Crippen LogP contribution in [0.5, 0.6) is 11.8 Å². The molecule has 0 aliphatic heterocycles. The third-order valence-corrected chi connectivity index (χ3v) is 4.50. The Morgan fingerprint density at radius 1 is 1.11 bits per heavy atom. The maximum absolute atomic E-state index is 6.48. The predicted molar refractivity (Wildman–Crippen MR) is 112 cm³/mol. The first-order valence-corrected chi connectivity index (χ1v) is 9.23. The van der Waals surface area contributed by atoms with Crippen molar-refractivity contribution in [3.05, 3.63) is 58.0 Å². The summed E-state index contributed by atoms with van der Waals surface area (Å²) in [6, 6.07) is 9.10. The molecule has 0 radical (unpaired) electrons. The van der Waals surface area contributed by atoms with Crippen LogP contribution in [-0.2, 0) is 0 Å². The second-order valence-electron chi connectivity index (χ2n) is 6.09. The number of aryl methyl sites for hydroxylation is 1. The number of halogens is 2. The number of rotatable bonds is 5. The van der Waals surface area contributed by atoms with Gasteiger partial charge >= 0.3 is 6.01 Å². The monoisotopic (exact) mass is 414 g/mol. The molecular weight excluding hydrogens is 399 g/mol. The van der Waals surface area contributed by atoms with Gasteiger partial charge in [0.1, 0.15) is 16.7 Å². The fraction of sp³-hybridized carbons (Fsp3) is 0.105. The molecule has 4 rings (SSSR count). The number of allylic oxidation sites excluding steroid dienone is 1. The first-order valence-electron chi connectivity index (χ1n) is 8.47. The Labute approximate surface area is 170 Å². The zero-order valence-electron chi connectivity index (χ0n) is 15.0. The van der Waals surface area contributed by atoms with Gasteiger partial charge in [0.15, 0.2) is 5.82 Å². The summed E-state index contributed by atoms with van der Waals surface area (Å²) >= 11 is 12.6. The Kier molecular flexibility index (Phi) is 4.93. The number of hydrogen-bond acceptors (Lipinski definition) is 5. The number of H-pyrrole nitrogens is 2. The van der Waals surface area contributed by atoms with Gasteiger partial charge in [-0.1, -0.05) is 29.3 Å². The minimum Gasteiger partial charge on any atom is -0.423 e. The van der Waals surface area contributed by atoms with E-state index in [1.807, 2.05) is 44.2 Å². The molecule has 0 unspecified atom stereocenters. The highest BCUT2D eigenvalue weighted by Crippen LogP contribution is 2.35. The maximum Gasteiger partial charge on any atom is 0.325 e. The van der Waals surface area contributed by atoms with E-state index in [0.717, 1.165) is 22.3 Å². The lowest BCUT2D eigenvalue weighted by Gasteiger charge is -2.09. The number of aromatic nitrogens is 5. The molecule has 3 heterocycles. The largest absolute Gasteiger partial charge is 0.423 e. The van der Waals surface area contributed by atoms with Gasteiger partial charge in [0.2, 0.25) is 0 Å². The molecule has 0 amide bonds. The highest BCUT2D eigenvalue weighted by atomic mass is 35.5. The summed E-state index contributed by atoms with van der Waals surface area (Å²) in [6.07, 6.45) is 3.82. The third kappa shape index (κ3) is 3.81. The van der Waals surface area contributed by atoms with Crippen LogP contribution < -0.4 is 10.1 Å². The number of nitrogens with zero attached hydrogens (tertiary/aromatic N) is 3.